The summed E-state index contributed by atoms with van der Waals surface area (Å²) < 4.78 is 5.23. The van der Waals surface area contributed by atoms with Gasteiger partial charge in [0.1, 0.15) is 6.20 Å². The molecule has 2 N–H and O–H groups in total. The van der Waals surface area contributed by atoms with Crippen molar-refractivity contribution in [2.45, 2.75) is 32.4 Å². The van der Waals surface area contributed by atoms with E-state index in [2.05, 4.69) is 20.6 Å². The molecule has 0 bridgehead atoms. The van der Waals surface area contributed by atoms with Gasteiger partial charge in [0.25, 0.3) is 0 Å². The van der Waals surface area contributed by atoms with E-state index in [4.69, 9.17) is 4.74 Å². The fourth-order valence-corrected chi connectivity index (χ4v) is 1.78. The number of hydrogen-bond acceptors (Lipinski definition) is 7. The van der Waals surface area contributed by atoms with Crippen molar-refractivity contribution in [3.63, 3.8) is 0 Å². The lowest BCUT2D eigenvalue weighted by molar-refractivity contribution is -0.384. The molecule has 0 radical (unpaired) electrons. The zero-order chi connectivity index (χ0) is 13.8. The second kappa shape index (κ2) is 5.79. The Kier molecular flexibility index (Phi) is 4.10. The maximum Gasteiger partial charge on any atom is 0.329 e. The third-order valence-corrected chi connectivity index (χ3v) is 2.65. The molecule has 0 saturated carbocycles. The van der Waals surface area contributed by atoms with Crippen LogP contribution in [0.3, 0.4) is 0 Å². The molecule has 0 aliphatic carbocycles. The van der Waals surface area contributed by atoms with Crippen molar-refractivity contribution in [3.05, 3.63) is 16.3 Å². The molecule has 1 atom stereocenters. The maximum atomic E-state index is 11.0. The minimum absolute atomic E-state index is 0.0560. The van der Waals surface area contributed by atoms with Crippen LogP contribution in [0.2, 0.25) is 0 Å². The third kappa shape index (κ3) is 3.50. The molecule has 19 heavy (non-hydrogen) atoms. The number of nitrogens with one attached hydrogen (secondary N) is 2. The molecule has 1 aliphatic rings. The van der Waals surface area contributed by atoms with Crippen LogP contribution in [0.4, 0.5) is 17.5 Å². The number of aromatic nitrogens is 2. The summed E-state index contributed by atoms with van der Waals surface area (Å²) in [4.78, 5) is 18.6. The van der Waals surface area contributed by atoms with Crippen molar-refractivity contribution in [3.8, 4) is 0 Å². The average Bonchev–Trinajstić information content (AvgIpc) is 2.80. The summed E-state index contributed by atoms with van der Waals surface area (Å²) in [5, 5.41) is 17.0. The Balaban J connectivity index is 2.22. The maximum absolute atomic E-state index is 11.0. The molecule has 104 valence electrons. The van der Waals surface area contributed by atoms with Crippen LogP contribution in [0.25, 0.3) is 0 Å². The standard InChI is InChI=1S/C11H17N5O3/c1-7(2)13-11-12-5-9(16(17)18)10(15-11)14-8-3-4-19-6-8/h5,7-8H,3-4,6H2,1-2H3,(H2,12,13,14,15)/t8-/m0/s1. The lowest BCUT2D eigenvalue weighted by atomic mass is 10.2. The Morgan fingerprint density at radius 3 is 2.95 bits per heavy atom. The normalized spacial score (nSPS) is 18.6. The van der Waals surface area contributed by atoms with Crippen molar-refractivity contribution in [2.75, 3.05) is 23.8 Å². The van der Waals surface area contributed by atoms with E-state index < -0.39 is 4.92 Å². The zero-order valence-corrected chi connectivity index (χ0v) is 10.9. The first-order valence-electron chi connectivity index (χ1n) is 6.18. The Hall–Kier alpha value is -1.96. The average molecular weight is 267 g/mol. The monoisotopic (exact) mass is 267 g/mol. The van der Waals surface area contributed by atoms with E-state index in [-0.39, 0.29) is 23.6 Å². The van der Waals surface area contributed by atoms with Crippen molar-refractivity contribution < 1.29 is 9.66 Å². The third-order valence-electron chi connectivity index (χ3n) is 2.65. The van der Waals surface area contributed by atoms with Crippen molar-refractivity contribution in [1.82, 2.24) is 9.97 Å². The summed E-state index contributed by atoms with van der Waals surface area (Å²) in [5.41, 5.74) is -0.124. The quantitative estimate of drug-likeness (QED) is 0.614. The Labute approximate surface area is 110 Å². The molecule has 2 heterocycles. The molecule has 0 aromatic carbocycles. The van der Waals surface area contributed by atoms with E-state index in [1.807, 2.05) is 13.8 Å². The van der Waals surface area contributed by atoms with E-state index in [0.29, 0.717) is 19.2 Å². The van der Waals surface area contributed by atoms with Gasteiger partial charge in [-0.15, -0.1) is 0 Å². The van der Waals surface area contributed by atoms with Crippen LogP contribution in [0.1, 0.15) is 20.3 Å². The van der Waals surface area contributed by atoms with Crippen LogP contribution in [0.15, 0.2) is 6.20 Å². The van der Waals surface area contributed by atoms with Crippen LogP contribution < -0.4 is 10.6 Å². The molecule has 1 aromatic rings. The van der Waals surface area contributed by atoms with Crippen molar-refractivity contribution in [1.29, 1.82) is 0 Å². The van der Waals surface area contributed by atoms with Crippen LogP contribution in [0, 0.1) is 10.1 Å². The highest BCUT2D eigenvalue weighted by Crippen LogP contribution is 2.24. The van der Waals surface area contributed by atoms with E-state index in [1.54, 1.807) is 0 Å². The van der Waals surface area contributed by atoms with Gasteiger partial charge in [0.2, 0.25) is 11.8 Å². The first-order valence-corrected chi connectivity index (χ1v) is 6.18. The molecule has 0 amide bonds. The predicted octanol–water partition coefficient (Wildman–Crippen LogP) is 1.41. The number of anilines is 2. The fraction of sp³-hybridized carbons (Fsp3) is 0.636. The molecule has 1 fully saturated rings. The molecular formula is C11H17N5O3. The number of nitrogens with zero attached hydrogens (tertiary/aromatic N) is 3. The summed E-state index contributed by atoms with van der Waals surface area (Å²) in [5.74, 6) is 0.612. The van der Waals surface area contributed by atoms with Crippen LogP contribution >= 0.6 is 0 Å². The molecule has 8 heteroatoms. The van der Waals surface area contributed by atoms with Gasteiger partial charge in [-0.1, -0.05) is 0 Å². The van der Waals surface area contributed by atoms with E-state index in [9.17, 15) is 10.1 Å². The minimum Gasteiger partial charge on any atom is -0.379 e. The van der Waals surface area contributed by atoms with Gasteiger partial charge in [-0.05, 0) is 20.3 Å². The number of rotatable bonds is 5. The summed E-state index contributed by atoms with van der Waals surface area (Å²) in [6.07, 6.45) is 2.03. The van der Waals surface area contributed by atoms with Gasteiger partial charge >= 0.3 is 5.69 Å². The fourth-order valence-electron chi connectivity index (χ4n) is 1.78. The predicted molar refractivity (Wildman–Crippen MR) is 70.3 cm³/mol. The zero-order valence-electron chi connectivity index (χ0n) is 10.9. The van der Waals surface area contributed by atoms with Gasteiger partial charge in [-0.25, -0.2) is 4.98 Å². The summed E-state index contributed by atoms with van der Waals surface area (Å²) in [6.45, 7) is 5.09. The Morgan fingerprint density at radius 2 is 2.37 bits per heavy atom. The molecule has 1 aromatic heterocycles. The molecular weight excluding hydrogens is 250 g/mol. The van der Waals surface area contributed by atoms with Crippen molar-refractivity contribution in [2.24, 2.45) is 0 Å². The van der Waals surface area contributed by atoms with Crippen molar-refractivity contribution >= 4 is 17.5 Å². The highest BCUT2D eigenvalue weighted by molar-refractivity contribution is 5.57. The molecule has 1 aliphatic heterocycles. The van der Waals surface area contributed by atoms with Gasteiger partial charge in [-0.3, -0.25) is 10.1 Å². The van der Waals surface area contributed by atoms with E-state index in [1.165, 1.54) is 6.20 Å². The molecule has 1 saturated heterocycles. The van der Waals surface area contributed by atoms with E-state index >= 15 is 0 Å². The highest BCUT2D eigenvalue weighted by Gasteiger charge is 2.23. The van der Waals surface area contributed by atoms with Crippen LogP contribution in [-0.4, -0.2) is 40.2 Å². The van der Waals surface area contributed by atoms with Gasteiger partial charge in [0.15, 0.2) is 0 Å². The van der Waals surface area contributed by atoms with Crippen LogP contribution in [0.5, 0.6) is 0 Å². The first kappa shape index (κ1) is 13.5. The van der Waals surface area contributed by atoms with Gasteiger partial charge in [0.05, 0.1) is 17.6 Å². The van der Waals surface area contributed by atoms with E-state index in [0.717, 1.165) is 6.42 Å². The second-order valence-electron chi connectivity index (χ2n) is 4.69. The van der Waals surface area contributed by atoms with Gasteiger partial charge < -0.3 is 15.4 Å². The number of ether oxygens (including phenoxy) is 1. The largest absolute Gasteiger partial charge is 0.379 e. The first-order chi connectivity index (χ1) is 9.06. The smallest absolute Gasteiger partial charge is 0.329 e. The topological polar surface area (TPSA) is 102 Å². The Morgan fingerprint density at radius 1 is 1.58 bits per heavy atom. The molecule has 0 spiro atoms. The van der Waals surface area contributed by atoms with Gasteiger partial charge in [-0.2, -0.15) is 4.98 Å². The molecule has 8 nitrogen and oxygen atoms in total. The minimum atomic E-state index is -0.489. The lowest BCUT2D eigenvalue weighted by Crippen LogP contribution is -2.21. The lowest BCUT2D eigenvalue weighted by Gasteiger charge is -2.13. The van der Waals surface area contributed by atoms with Crippen LogP contribution in [-0.2, 0) is 4.74 Å². The summed E-state index contributed by atoms with van der Waals surface area (Å²) in [7, 11) is 0. The summed E-state index contributed by atoms with van der Waals surface area (Å²) >= 11 is 0. The highest BCUT2D eigenvalue weighted by atomic mass is 16.6. The second-order valence-corrected chi connectivity index (χ2v) is 4.69. The number of nitro groups is 1. The SMILES string of the molecule is CC(C)Nc1ncc([N+](=O)[O-])c(N[C@H]2CCOC2)n1. The van der Waals surface area contributed by atoms with Gasteiger partial charge in [0, 0.05) is 12.6 Å². The Bertz CT molecular complexity index is 460. The molecule has 0 unspecified atom stereocenters. The summed E-state index contributed by atoms with van der Waals surface area (Å²) in [6, 6.07) is 0.213. The molecule has 2 rings (SSSR count). The number of hydrogen-bond donors (Lipinski definition) is 2.